The summed E-state index contributed by atoms with van der Waals surface area (Å²) < 4.78 is 13.7. The molecule has 1 unspecified atom stereocenters. The minimum Gasteiger partial charge on any atom is -0.394 e. The molecule has 1 atom stereocenters. The average Bonchev–Trinajstić information content (AvgIpc) is 2.35. The molecule has 0 amide bonds. The Morgan fingerprint density at radius 1 is 1.35 bits per heavy atom. The van der Waals surface area contributed by atoms with Crippen molar-refractivity contribution in [2.45, 2.75) is 25.8 Å². The molecule has 1 aromatic rings. The van der Waals surface area contributed by atoms with Crippen molar-refractivity contribution in [3.05, 3.63) is 35.6 Å². The monoisotopic (exact) mass is 237 g/mol. The van der Waals surface area contributed by atoms with Gasteiger partial charge in [0.15, 0.2) is 0 Å². The van der Waals surface area contributed by atoms with Crippen LogP contribution in [0.2, 0.25) is 0 Å². The van der Waals surface area contributed by atoms with E-state index in [2.05, 4.69) is 11.8 Å². The Labute approximate surface area is 102 Å². The van der Waals surface area contributed by atoms with Gasteiger partial charge in [0.1, 0.15) is 5.82 Å². The Balaban J connectivity index is 2.14. The van der Waals surface area contributed by atoms with Gasteiger partial charge < -0.3 is 5.11 Å². The smallest absolute Gasteiger partial charge is 0.128 e. The molecule has 0 radical (unpaired) electrons. The third-order valence-corrected chi connectivity index (χ3v) is 3.70. The van der Waals surface area contributed by atoms with E-state index in [1.807, 2.05) is 6.07 Å². The van der Waals surface area contributed by atoms with E-state index in [4.69, 9.17) is 0 Å². The summed E-state index contributed by atoms with van der Waals surface area (Å²) in [5.74, 6) is 0.524. The first kappa shape index (κ1) is 12.5. The molecule has 94 valence electrons. The number of rotatable bonds is 3. The van der Waals surface area contributed by atoms with E-state index in [0.717, 1.165) is 31.8 Å². The van der Waals surface area contributed by atoms with Gasteiger partial charge in [0.05, 0.1) is 12.6 Å². The maximum atomic E-state index is 13.7. The highest BCUT2D eigenvalue weighted by Crippen LogP contribution is 2.27. The van der Waals surface area contributed by atoms with Gasteiger partial charge in [-0.25, -0.2) is 4.39 Å². The summed E-state index contributed by atoms with van der Waals surface area (Å²) in [5, 5.41) is 9.51. The van der Waals surface area contributed by atoms with Gasteiger partial charge in [-0.2, -0.15) is 0 Å². The third-order valence-electron chi connectivity index (χ3n) is 3.70. The van der Waals surface area contributed by atoms with Crippen LogP contribution in [0.5, 0.6) is 0 Å². The van der Waals surface area contributed by atoms with E-state index in [-0.39, 0.29) is 18.5 Å². The Morgan fingerprint density at radius 2 is 2.00 bits per heavy atom. The lowest BCUT2D eigenvalue weighted by Crippen LogP contribution is -2.38. The van der Waals surface area contributed by atoms with Crippen LogP contribution >= 0.6 is 0 Å². The highest BCUT2D eigenvalue weighted by molar-refractivity contribution is 5.21. The van der Waals surface area contributed by atoms with Crippen LogP contribution in [0.1, 0.15) is 31.4 Å². The third kappa shape index (κ3) is 2.85. The summed E-state index contributed by atoms with van der Waals surface area (Å²) in [4.78, 5) is 2.19. The second-order valence-electron chi connectivity index (χ2n) is 4.94. The van der Waals surface area contributed by atoms with E-state index in [0.29, 0.717) is 5.56 Å². The molecule has 17 heavy (non-hydrogen) atoms. The van der Waals surface area contributed by atoms with Crippen LogP contribution in [-0.4, -0.2) is 29.7 Å². The molecule has 1 aromatic carbocycles. The SMILES string of the molecule is CC1CCN(C(CO)c2ccccc2F)CC1. The molecule has 2 rings (SSSR count). The van der Waals surface area contributed by atoms with Crippen LogP contribution in [-0.2, 0) is 0 Å². The first-order chi connectivity index (χ1) is 8.22. The van der Waals surface area contributed by atoms with Crippen molar-refractivity contribution in [3.8, 4) is 0 Å². The van der Waals surface area contributed by atoms with E-state index in [9.17, 15) is 9.50 Å². The topological polar surface area (TPSA) is 23.5 Å². The number of hydrogen-bond donors (Lipinski definition) is 1. The van der Waals surface area contributed by atoms with Crippen molar-refractivity contribution in [1.29, 1.82) is 0 Å². The summed E-state index contributed by atoms with van der Waals surface area (Å²) in [6, 6.07) is 6.56. The van der Waals surface area contributed by atoms with Gasteiger partial charge >= 0.3 is 0 Å². The molecule has 0 saturated carbocycles. The number of likely N-dealkylation sites (tertiary alicyclic amines) is 1. The first-order valence-corrected chi connectivity index (χ1v) is 6.31. The molecule has 1 fully saturated rings. The number of nitrogens with zero attached hydrogens (tertiary/aromatic N) is 1. The molecule has 1 saturated heterocycles. The quantitative estimate of drug-likeness (QED) is 0.873. The number of aliphatic hydroxyl groups is 1. The zero-order valence-corrected chi connectivity index (χ0v) is 10.3. The molecule has 0 spiro atoms. The molecule has 1 N–H and O–H groups in total. The molecule has 3 heteroatoms. The second-order valence-corrected chi connectivity index (χ2v) is 4.94. The van der Waals surface area contributed by atoms with Crippen LogP contribution in [0.15, 0.2) is 24.3 Å². The summed E-state index contributed by atoms with van der Waals surface area (Å²) >= 11 is 0. The number of aliphatic hydroxyl groups excluding tert-OH is 1. The predicted molar refractivity (Wildman–Crippen MR) is 66.2 cm³/mol. The van der Waals surface area contributed by atoms with Crippen molar-refractivity contribution in [1.82, 2.24) is 4.90 Å². The molecule has 1 aliphatic heterocycles. The zero-order valence-electron chi connectivity index (χ0n) is 10.3. The van der Waals surface area contributed by atoms with Gasteiger partial charge in [-0.3, -0.25) is 4.90 Å². The summed E-state index contributed by atoms with van der Waals surface area (Å²) in [5.41, 5.74) is 0.615. The minimum absolute atomic E-state index is 0.0185. The fraction of sp³-hybridized carbons (Fsp3) is 0.571. The van der Waals surface area contributed by atoms with Crippen LogP contribution < -0.4 is 0 Å². The maximum absolute atomic E-state index is 13.7. The second kappa shape index (κ2) is 5.61. The maximum Gasteiger partial charge on any atom is 0.128 e. The Kier molecular flexibility index (Phi) is 4.13. The standard InChI is InChI=1S/C14H20FNO/c1-11-6-8-16(9-7-11)14(10-17)12-4-2-3-5-13(12)15/h2-5,11,14,17H,6-10H2,1H3. The molecule has 0 aromatic heterocycles. The molecule has 0 bridgehead atoms. The van der Waals surface area contributed by atoms with Gasteiger partial charge in [0.25, 0.3) is 0 Å². The lowest BCUT2D eigenvalue weighted by molar-refractivity contribution is 0.0875. The fourth-order valence-corrected chi connectivity index (χ4v) is 2.50. The number of benzene rings is 1. The average molecular weight is 237 g/mol. The lowest BCUT2D eigenvalue weighted by atomic mass is 9.96. The first-order valence-electron chi connectivity index (χ1n) is 6.31. The van der Waals surface area contributed by atoms with Gasteiger partial charge in [0.2, 0.25) is 0 Å². The van der Waals surface area contributed by atoms with Crippen molar-refractivity contribution in [2.24, 2.45) is 5.92 Å². The highest BCUT2D eigenvalue weighted by Gasteiger charge is 2.25. The molecular formula is C14H20FNO. The predicted octanol–water partition coefficient (Wildman–Crippen LogP) is 2.59. The Morgan fingerprint density at radius 3 is 2.59 bits per heavy atom. The van der Waals surface area contributed by atoms with Crippen LogP contribution in [0.3, 0.4) is 0 Å². The van der Waals surface area contributed by atoms with Crippen molar-refractivity contribution >= 4 is 0 Å². The largest absolute Gasteiger partial charge is 0.394 e. The molecular weight excluding hydrogens is 217 g/mol. The summed E-state index contributed by atoms with van der Waals surface area (Å²) in [6.45, 7) is 4.12. The summed E-state index contributed by atoms with van der Waals surface area (Å²) in [7, 11) is 0. The molecule has 0 aliphatic carbocycles. The van der Waals surface area contributed by atoms with Crippen LogP contribution in [0.25, 0.3) is 0 Å². The minimum atomic E-state index is -0.217. The number of halogens is 1. The van der Waals surface area contributed by atoms with Crippen molar-refractivity contribution in [2.75, 3.05) is 19.7 Å². The van der Waals surface area contributed by atoms with Gasteiger partial charge in [-0.1, -0.05) is 25.1 Å². The van der Waals surface area contributed by atoms with E-state index in [1.54, 1.807) is 12.1 Å². The number of hydrogen-bond acceptors (Lipinski definition) is 2. The van der Waals surface area contributed by atoms with E-state index < -0.39 is 0 Å². The molecule has 2 nitrogen and oxygen atoms in total. The van der Waals surface area contributed by atoms with Crippen molar-refractivity contribution < 1.29 is 9.50 Å². The Bertz CT molecular complexity index is 361. The molecule has 1 heterocycles. The normalized spacial score (nSPS) is 20.4. The fourth-order valence-electron chi connectivity index (χ4n) is 2.50. The molecule has 1 aliphatic rings. The Hall–Kier alpha value is -0.930. The van der Waals surface area contributed by atoms with Crippen LogP contribution in [0.4, 0.5) is 4.39 Å². The van der Waals surface area contributed by atoms with Gasteiger partial charge in [-0.15, -0.1) is 0 Å². The zero-order chi connectivity index (χ0) is 12.3. The van der Waals surface area contributed by atoms with Gasteiger partial charge in [-0.05, 0) is 37.9 Å². The van der Waals surface area contributed by atoms with E-state index in [1.165, 1.54) is 6.07 Å². The van der Waals surface area contributed by atoms with Gasteiger partial charge in [0, 0.05) is 5.56 Å². The highest BCUT2D eigenvalue weighted by atomic mass is 19.1. The van der Waals surface area contributed by atoms with Crippen molar-refractivity contribution in [3.63, 3.8) is 0 Å². The lowest BCUT2D eigenvalue weighted by Gasteiger charge is -2.36. The number of piperidine rings is 1. The van der Waals surface area contributed by atoms with Crippen LogP contribution in [0, 0.1) is 11.7 Å². The summed E-state index contributed by atoms with van der Waals surface area (Å²) in [6.07, 6.45) is 2.26. The van der Waals surface area contributed by atoms with E-state index >= 15 is 0 Å².